The normalized spacial score (nSPS) is 14.5. The van der Waals surface area contributed by atoms with Crippen LogP contribution in [0.25, 0.3) is 0 Å². The van der Waals surface area contributed by atoms with E-state index in [1.165, 1.54) is 5.20 Å². The lowest BCUT2D eigenvalue weighted by Gasteiger charge is -2.29. The van der Waals surface area contributed by atoms with Crippen LogP contribution in [0.4, 0.5) is 0 Å². The monoisotopic (exact) mass is 324 g/mol. The van der Waals surface area contributed by atoms with Crippen molar-refractivity contribution in [2.45, 2.75) is 39.3 Å². The van der Waals surface area contributed by atoms with Gasteiger partial charge in [-0.25, -0.2) is 0 Å². The summed E-state index contributed by atoms with van der Waals surface area (Å²) in [4.78, 5) is 0. The highest BCUT2D eigenvalue weighted by Crippen LogP contribution is 2.29. The molecule has 0 aromatic heterocycles. The van der Waals surface area contributed by atoms with Crippen molar-refractivity contribution < 1.29 is 0 Å². The molecule has 0 N–H and O–H groups in total. The maximum absolute atomic E-state index is 4.29. The summed E-state index contributed by atoms with van der Waals surface area (Å²) in [6, 6.07) is 0. The van der Waals surface area contributed by atoms with E-state index in [-0.39, 0.29) is 0 Å². The smallest absolute Gasteiger partial charge is 0.0780 e. The number of allylic oxidation sites excluding steroid dienone is 2. The first-order valence-corrected chi connectivity index (χ1v) is 12.9. The highest BCUT2D eigenvalue weighted by Gasteiger charge is 2.28. The Bertz CT molecular complexity index is 228. The summed E-state index contributed by atoms with van der Waals surface area (Å²) >= 11 is 2.36. The predicted molar refractivity (Wildman–Crippen MR) is 77.9 cm³/mol. The fourth-order valence-corrected chi connectivity index (χ4v) is 8.92. The Morgan fingerprint density at radius 3 is 1.46 bits per heavy atom. The number of hydrogen-bond donors (Lipinski definition) is 0. The molecule has 0 aromatic carbocycles. The van der Waals surface area contributed by atoms with Gasteiger partial charge >= 0.3 is 0 Å². The van der Waals surface area contributed by atoms with Gasteiger partial charge in [0.25, 0.3) is 0 Å². The van der Waals surface area contributed by atoms with Gasteiger partial charge in [-0.05, 0) is 4.08 Å². The molecule has 0 bridgehead atoms. The quantitative estimate of drug-likeness (QED) is 0.404. The minimum atomic E-state index is -1.19. The zero-order chi connectivity index (χ0) is 10.9. The van der Waals surface area contributed by atoms with Crippen LogP contribution in [0.1, 0.15) is 0 Å². The van der Waals surface area contributed by atoms with Gasteiger partial charge in [-0.1, -0.05) is 78.8 Å². The summed E-state index contributed by atoms with van der Waals surface area (Å²) in [6.45, 7) is 18.6. The average Bonchev–Trinajstić information content (AvgIpc) is 1.83. The molecule has 0 amide bonds. The molecule has 0 atom stereocenters. The van der Waals surface area contributed by atoms with E-state index >= 15 is 0 Å². The molecule has 0 saturated heterocycles. The second-order valence-corrected chi connectivity index (χ2v) is 16.3. The molecule has 0 radical (unpaired) electrons. The van der Waals surface area contributed by atoms with Crippen molar-refractivity contribution >= 4 is 38.7 Å². The van der Waals surface area contributed by atoms with E-state index in [0.29, 0.717) is 0 Å². The highest BCUT2D eigenvalue weighted by molar-refractivity contribution is 14.1. The van der Waals surface area contributed by atoms with Crippen LogP contribution in [0.2, 0.25) is 39.3 Å². The summed E-state index contributed by atoms with van der Waals surface area (Å²) in [6.07, 6.45) is 0. The van der Waals surface area contributed by atoms with Crippen molar-refractivity contribution in [2.75, 3.05) is 0 Å². The van der Waals surface area contributed by atoms with Gasteiger partial charge in [0.1, 0.15) is 0 Å². The Morgan fingerprint density at radius 2 is 1.38 bits per heavy atom. The minimum Gasteiger partial charge on any atom is -0.0999 e. The van der Waals surface area contributed by atoms with E-state index < -0.39 is 16.1 Å². The van der Waals surface area contributed by atoms with Crippen LogP contribution in [0.15, 0.2) is 21.1 Å². The molecule has 0 aliphatic rings. The van der Waals surface area contributed by atoms with Crippen LogP contribution in [-0.2, 0) is 0 Å². The molecule has 0 rings (SSSR count). The van der Waals surface area contributed by atoms with Crippen molar-refractivity contribution in [3.8, 4) is 0 Å². The summed E-state index contributed by atoms with van der Waals surface area (Å²) in [5, 5.41) is 3.01. The summed E-state index contributed by atoms with van der Waals surface area (Å²) < 4.78 is 2.25. The summed E-state index contributed by atoms with van der Waals surface area (Å²) in [5.41, 5.74) is 0. The van der Waals surface area contributed by atoms with E-state index in [0.717, 1.165) is 0 Å². The van der Waals surface area contributed by atoms with Crippen molar-refractivity contribution in [2.24, 2.45) is 0 Å². The third-order valence-corrected chi connectivity index (χ3v) is 7.75. The largest absolute Gasteiger partial charge is 0.0999 e. The van der Waals surface area contributed by atoms with Gasteiger partial charge in [-0.2, -0.15) is 0 Å². The second kappa shape index (κ2) is 4.44. The number of halogens is 1. The molecular formula is C10H21ISi2. The van der Waals surface area contributed by atoms with E-state index in [1.807, 2.05) is 0 Å². The SMILES string of the molecule is C=C(/C(=C/I)[Si](C)(C)C)[Si](C)(C)C. The summed E-state index contributed by atoms with van der Waals surface area (Å²) in [5.74, 6) is 0. The van der Waals surface area contributed by atoms with E-state index in [9.17, 15) is 0 Å². The molecule has 0 saturated carbocycles. The zero-order valence-electron chi connectivity index (χ0n) is 9.66. The van der Waals surface area contributed by atoms with E-state index in [4.69, 9.17) is 0 Å². The number of hydrogen-bond acceptors (Lipinski definition) is 0. The van der Waals surface area contributed by atoms with Gasteiger partial charge in [-0.15, -0.1) is 0 Å². The molecule has 76 valence electrons. The number of rotatable bonds is 3. The molecule has 0 unspecified atom stereocenters. The van der Waals surface area contributed by atoms with Crippen LogP contribution in [0.5, 0.6) is 0 Å². The van der Waals surface area contributed by atoms with E-state index in [2.05, 4.69) is 72.5 Å². The molecule has 3 heteroatoms. The molecular weight excluding hydrogens is 303 g/mol. The van der Waals surface area contributed by atoms with E-state index in [1.54, 1.807) is 5.20 Å². The van der Waals surface area contributed by atoms with Gasteiger partial charge in [0, 0.05) is 0 Å². The van der Waals surface area contributed by atoms with Crippen molar-refractivity contribution in [1.29, 1.82) is 0 Å². The zero-order valence-corrected chi connectivity index (χ0v) is 13.8. The molecule has 0 aliphatic heterocycles. The first-order valence-electron chi connectivity index (χ1n) is 4.61. The second-order valence-electron chi connectivity index (χ2n) is 5.50. The lowest BCUT2D eigenvalue weighted by Crippen LogP contribution is -2.34. The Balaban J connectivity index is 4.97. The van der Waals surface area contributed by atoms with Gasteiger partial charge in [-0.3, -0.25) is 0 Å². The summed E-state index contributed by atoms with van der Waals surface area (Å²) in [7, 11) is -2.36. The maximum Gasteiger partial charge on any atom is 0.0780 e. The molecule has 13 heavy (non-hydrogen) atoms. The fraction of sp³-hybridized carbons (Fsp3) is 0.600. The lowest BCUT2D eigenvalue weighted by molar-refractivity contribution is 1.58. The predicted octanol–water partition coefficient (Wildman–Crippen LogP) is 4.62. The van der Waals surface area contributed by atoms with Crippen molar-refractivity contribution in [3.05, 3.63) is 21.1 Å². The minimum absolute atomic E-state index is 1.17. The Labute approximate surface area is 98.7 Å². The van der Waals surface area contributed by atoms with Gasteiger partial charge in [0.2, 0.25) is 0 Å². The fourth-order valence-electron chi connectivity index (χ4n) is 1.09. The topological polar surface area (TPSA) is 0 Å². The Morgan fingerprint density at radius 1 is 1.00 bits per heavy atom. The standard InChI is InChI=1S/C10H21ISi2/c1-9(12(2,3)4)10(8-11)13(5,6)7/h8H,1H2,2-7H3/b10-8-. The molecule has 0 heterocycles. The first-order chi connectivity index (χ1) is 5.60. The Hall–Kier alpha value is 0.644. The van der Waals surface area contributed by atoms with Crippen LogP contribution >= 0.6 is 22.6 Å². The van der Waals surface area contributed by atoms with Gasteiger partial charge in [0.05, 0.1) is 16.1 Å². The average molecular weight is 324 g/mol. The molecule has 0 spiro atoms. The maximum atomic E-state index is 4.29. The third kappa shape index (κ3) is 4.12. The van der Waals surface area contributed by atoms with Crippen molar-refractivity contribution in [1.82, 2.24) is 0 Å². The highest BCUT2D eigenvalue weighted by atomic mass is 127. The van der Waals surface area contributed by atoms with Crippen LogP contribution in [0, 0.1) is 0 Å². The first kappa shape index (κ1) is 13.6. The molecule has 0 fully saturated rings. The Kier molecular flexibility index (Phi) is 4.66. The third-order valence-electron chi connectivity index (χ3n) is 2.15. The molecule has 0 aromatic rings. The molecule has 0 aliphatic carbocycles. The van der Waals surface area contributed by atoms with Gasteiger partial charge < -0.3 is 0 Å². The van der Waals surface area contributed by atoms with Crippen LogP contribution < -0.4 is 0 Å². The van der Waals surface area contributed by atoms with Crippen LogP contribution in [0.3, 0.4) is 0 Å². The van der Waals surface area contributed by atoms with Gasteiger partial charge in [0.15, 0.2) is 0 Å². The lowest BCUT2D eigenvalue weighted by atomic mass is 10.6. The van der Waals surface area contributed by atoms with Crippen molar-refractivity contribution in [3.63, 3.8) is 0 Å². The van der Waals surface area contributed by atoms with Crippen LogP contribution in [-0.4, -0.2) is 16.1 Å². The molecule has 0 nitrogen and oxygen atoms in total.